The van der Waals surface area contributed by atoms with Gasteiger partial charge in [-0.1, -0.05) is 25.6 Å². The zero-order valence-corrected chi connectivity index (χ0v) is 12.8. The SMILES string of the molecule is Cc1ccnc2c1nc(SCC(=O)O)n2CCC(C)C. The molecule has 0 radical (unpaired) electrons. The van der Waals surface area contributed by atoms with Gasteiger partial charge in [-0.3, -0.25) is 4.79 Å². The van der Waals surface area contributed by atoms with Crippen LogP contribution in [-0.4, -0.2) is 31.4 Å². The molecule has 1 N–H and O–H groups in total. The Labute approximate surface area is 122 Å². The Morgan fingerprint density at radius 1 is 1.50 bits per heavy atom. The highest BCUT2D eigenvalue weighted by Crippen LogP contribution is 2.25. The van der Waals surface area contributed by atoms with Crippen LogP contribution >= 0.6 is 11.8 Å². The molecule has 2 aromatic rings. The van der Waals surface area contributed by atoms with Gasteiger partial charge in [-0.15, -0.1) is 0 Å². The summed E-state index contributed by atoms with van der Waals surface area (Å²) in [5, 5.41) is 9.58. The lowest BCUT2D eigenvalue weighted by molar-refractivity contribution is -0.133. The lowest BCUT2D eigenvalue weighted by Crippen LogP contribution is -2.06. The number of thioether (sulfide) groups is 1. The Bertz CT molecular complexity index is 622. The number of aliphatic carboxylic acids is 1. The number of fused-ring (bicyclic) bond motifs is 1. The number of aromatic nitrogens is 3. The molecule has 20 heavy (non-hydrogen) atoms. The van der Waals surface area contributed by atoms with E-state index >= 15 is 0 Å². The fourth-order valence-electron chi connectivity index (χ4n) is 1.94. The van der Waals surface area contributed by atoms with Gasteiger partial charge in [0.2, 0.25) is 0 Å². The fourth-order valence-corrected chi connectivity index (χ4v) is 2.69. The summed E-state index contributed by atoms with van der Waals surface area (Å²) in [6, 6.07) is 1.92. The van der Waals surface area contributed by atoms with Crippen molar-refractivity contribution in [1.82, 2.24) is 14.5 Å². The van der Waals surface area contributed by atoms with Gasteiger partial charge in [-0.05, 0) is 30.9 Å². The smallest absolute Gasteiger partial charge is 0.313 e. The van der Waals surface area contributed by atoms with Gasteiger partial charge in [0, 0.05) is 12.7 Å². The molecule has 2 aromatic heterocycles. The van der Waals surface area contributed by atoms with Crippen LogP contribution in [0.5, 0.6) is 0 Å². The molecule has 0 aliphatic carbocycles. The first kappa shape index (κ1) is 14.8. The lowest BCUT2D eigenvalue weighted by Gasteiger charge is -2.09. The summed E-state index contributed by atoms with van der Waals surface area (Å²) in [6.07, 6.45) is 2.79. The molecule has 0 saturated heterocycles. The summed E-state index contributed by atoms with van der Waals surface area (Å²) in [6.45, 7) is 7.14. The molecule has 6 heteroatoms. The summed E-state index contributed by atoms with van der Waals surface area (Å²) in [5.74, 6) is -0.235. The fraction of sp³-hybridized carbons (Fsp3) is 0.500. The number of imidazole rings is 1. The highest BCUT2D eigenvalue weighted by molar-refractivity contribution is 7.99. The standard InChI is InChI=1S/C14H19N3O2S/c1-9(2)5-7-17-13-12(10(3)4-6-15-13)16-14(17)20-8-11(18)19/h4,6,9H,5,7-8H2,1-3H3,(H,18,19). The van der Waals surface area contributed by atoms with Gasteiger partial charge in [0.1, 0.15) is 5.52 Å². The maximum absolute atomic E-state index is 10.8. The van der Waals surface area contributed by atoms with E-state index in [1.54, 1.807) is 6.20 Å². The molecule has 0 aliphatic heterocycles. The van der Waals surface area contributed by atoms with E-state index in [-0.39, 0.29) is 5.75 Å². The number of hydrogen-bond acceptors (Lipinski definition) is 4. The van der Waals surface area contributed by atoms with Crippen LogP contribution in [0.1, 0.15) is 25.8 Å². The zero-order valence-electron chi connectivity index (χ0n) is 12.0. The monoisotopic (exact) mass is 293 g/mol. The number of carboxylic acid groups (broad SMARTS) is 1. The number of carbonyl (C=O) groups is 1. The van der Waals surface area contributed by atoms with Gasteiger partial charge >= 0.3 is 5.97 Å². The maximum Gasteiger partial charge on any atom is 0.313 e. The third-order valence-electron chi connectivity index (χ3n) is 3.06. The Morgan fingerprint density at radius 2 is 2.25 bits per heavy atom. The highest BCUT2D eigenvalue weighted by Gasteiger charge is 2.15. The molecule has 0 aliphatic rings. The second-order valence-electron chi connectivity index (χ2n) is 5.21. The molecule has 0 atom stereocenters. The number of nitrogens with zero attached hydrogens (tertiary/aromatic N) is 3. The molecule has 0 bridgehead atoms. The molecular formula is C14H19N3O2S. The first-order chi connectivity index (χ1) is 9.49. The molecule has 0 saturated carbocycles. The Morgan fingerprint density at radius 3 is 2.90 bits per heavy atom. The average molecular weight is 293 g/mol. The molecule has 0 amide bonds. The molecule has 0 unspecified atom stereocenters. The molecule has 2 rings (SSSR count). The van der Waals surface area contributed by atoms with Gasteiger partial charge in [-0.25, -0.2) is 9.97 Å². The highest BCUT2D eigenvalue weighted by atomic mass is 32.2. The van der Waals surface area contributed by atoms with Gasteiger partial charge < -0.3 is 9.67 Å². The number of pyridine rings is 1. The minimum Gasteiger partial charge on any atom is -0.481 e. The van der Waals surface area contributed by atoms with E-state index in [9.17, 15) is 4.79 Å². The van der Waals surface area contributed by atoms with E-state index < -0.39 is 5.97 Å². The molecule has 2 heterocycles. The second-order valence-corrected chi connectivity index (χ2v) is 6.15. The number of rotatable bonds is 6. The summed E-state index contributed by atoms with van der Waals surface area (Å²) >= 11 is 1.25. The quantitative estimate of drug-likeness (QED) is 0.829. The van der Waals surface area contributed by atoms with Crippen molar-refractivity contribution in [3.8, 4) is 0 Å². The number of aryl methyl sites for hydroxylation is 2. The van der Waals surface area contributed by atoms with Gasteiger partial charge in [-0.2, -0.15) is 0 Å². The van der Waals surface area contributed by atoms with E-state index in [2.05, 4.69) is 23.8 Å². The summed E-state index contributed by atoms with van der Waals surface area (Å²) in [7, 11) is 0. The van der Waals surface area contributed by atoms with Crippen molar-refractivity contribution in [3.63, 3.8) is 0 Å². The van der Waals surface area contributed by atoms with Gasteiger partial charge in [0.25, 0.3) is 0 Å². The summed E-state index contributed by atoms with van der Waals surface area (Å²) in [4.78, 5) is 19.7. The van der Waals surface area contributed by atoms with Gasteiger partial charge in [0.15, 0.2) is 10.8 Å². The van der Waals surface area contributed by atoms with E-state index in [1.165, 1.54) is 11.8 Å². The van der Waals surface area contributed by atoms with Crippen molar-refractivity contribution in [2.45, 2.75) is 38.9 Å². The third kappa shape index (κ3) is 3.30. The average Bonchev–Trinajstić information content (AvgIpc) is 2.73. The molecule has 0 fully saturated rings. The molecule has 5 nitrogen and oxygen atoms in total. The van der Waals surface area contributed by atoms with Crippen LogP contribution in [0.4, 0.5) is 0 Å². The Balaban J connectivity index is 2.39. The molecule has 0 spiro atoms. The second kappa shape index (κ2) is 6.26. The Hall–Kier alpha value is -1.56. The predicted molar refractivity (Wildman–Crippen MR) is 80.1 cm³/mol. The first-order valence-corrected chi connectivity index (χ1v) is 7.64. The van der Waals surface area contributed by atoms with Crippen LogP contribution < -0.4 is 0 Å². The van der Waals surface area contributed by atoms with Crippen molar-refractivity contribution in [1.29, 1.82) is 0 Å². The predicted octanol–water partition coefficient (Wildman–Crippen LogP) is 2.96. The normalized spacial score (nSPS) is 11.4. The molecule has 0 aromatic carbocycles. The molecule has 108 valence electrons. The van der Waals surface area contributed by atoms with E-state index in [0.717, 1.165) is 34.8 Å². The molecular weight excluding hydrogens is 274 g/mol. The van der Waals surface area contributed by atoms with Crippen molar-refractivity contribution in [2.75, 3.05) is 5.75 Å². The minimum atomic E-state index is -0.831. The van der Waals surface area contributed by atoms with Crippen molar-refractivity contribution >= 4 is 28.9 Å². The van der Waals surface area contributed by atoms with Crippen LogP contribution in [0.3, 0.4) is 0 Å². The van der Waals surface area contributed by atoms with Crippen LogP contribution in [0, 0.1) is 12.8 Å². The van der Waals surface area contributed by atoms with Crippen LogP contribution in [0.2, 0.25) is 0 Å². The Kier molecular flexibility index (Phi) is 4.65. The lowest BCUT2D eigenvalue weighted by atomic mass is 10.1. The largest absolute Gasteiger partial charge is 0.481 e. The first-order valence-electron chi connectivity index (χ1n) is 6.65. The topological polar surface area (TPSA) is 68.0 Å². The van der Waals surface area contributed by atoms with E-state index in [0.29, 0.717) is 5.92 Å². The van der Waals surface area contributed by atoms with Crippen LogP contribution in [0.25, 0.3) is 11.2 Å². The van der Waals surface area contributed by atoms with Gasteiger partial charge in [0.05, 0.1) is 5.75 Å². The van der Waals surface area contributed by atoms with Crippen molar-refractivity contribution < 1.29 is 9.90 Å². The van der Waals surface area contributed by atoms with Crippen LogP contribution in [0.15, 0.2) is 17.4 Å². The minimum absolute atomic E-state index is 0.0179. The van der Waals surface area contributed by atoms with E-state index in [1.807, 2.05) is 17.6 Å². The van der Waals surface area contributed by atoms with Crippen LogP contribution in [-0.2, 0) is 11.3 Å². The maximum atomic E-state index is 10.8. The van der Waals surface area contributed by atoms with Crippen molar-refractivity contribution in [3.05, 3.63) is 17.8 Å². The van der Waals surface area contributed by atoms with Crippen molar-refractivity contribution in [2.24, 2.45) is 5.92 Å². The number of hydrogen-bond donors (Lipinski definition) is 1. The van der Waals surface area contributed by atoms with E-state index in [4.69, 9.17) is 5.11 Å². The summed E-state index contributed by atoms with van der Waals surface area (Å²) in [5.41, 5.74) is 2.78. The third-order valence-corrected chi connectivity index (χ3v) is 4.02. The number of carboxylic acids is 1. The summed E-state index contributed by atoms with van der Waals surface area (Å²) < 4.78 is 2.04. The zero-order chi connectivity index (χ0) is 14.7.